The molecule has 2 aromatic carbocycles. The molecule has 4 aromatic rings. The van der Waals surface area contributed by atoms with Gasteiger partial charge in [0.05, 0.1) is 0 Å². The fourth-order valence-corrected chi connectivity index (χ4v) is 2.91. The van der Waals surface area contributed by atoms with Crippen molar-refractivity contribution in [3.8, 4) is 0 Å². The normalized spacial score (nSPS) is 10.5. The van der Waals surface area contributed by atoms with Gasteiger partial charge in [0, 0.05) is 28.6 Å². The van der Waals surface area contributed by atoms with Crippen LogP contribution in [-0.4, -0.2) is 10.8 Å². The van der Waals surface area contributed by atoms with Gasteiger partial charge in [-0.25, -0.2) is 4.98 Å². The molecule has 3 nitrogen and oxygen atoms in total. The predicted octanol–water partition coefficient (Wildman–Crippen LogP) is 0.562. The summed E-state index contributed by atoms with van der Waals surface area (Å²) in [6, 6.07) is 21.5. The zero-order chi connectivity index (χ0) is 15.6. The number of hydrogen-bond donors (Lipinski definition) is 0. The number of halogens is 1. The van der Waals surface area contributed by atoms with Crippen molar-refractivity contribution >= 4 is 27.6 Å². The number of pyridine rings is 2. The minimum atomic E-state index is 0. The van der Waals surface area contributed by atoms with Crippen molar-refractivity contribution in [2.45, 2.75) is 6.54 Å². The van der Waals surface area contributed by atoms with Gasteiger partial charge in [-0.2, -0.15) is 4.57 Å². The summed E-state index contributed by atoms with van der Waals surface area (Å²) in [6.45, 7) is 0.303. The summed E-state index contributed by atoms with van der Waals surface area (Å²) >= 11 is 0. The minimum absolute atomic E-state index is 0. The molecule has 0 aliphatic rings. The number of carbonyl (C=O) groups is 1. The van der Waals surface area contributed by atoms with E-state index in [0.29, 0.717) is 6.54 Å². The molecule has 0 bridgehead atoms. The number of carbonyl (C=O) groups excluding carboxylic acids is 1. The summed E-state index contributed by atoms with van der Waals surface area (Å²) in [7, 11) is 0. The molecule has 0 N–H and O–H groups in total. The van der Waals surface area contributed by atoms with Gasteiger partial charge in [-0.1, -0.05) is 42.5 Å². The summed E-state index contributed by atoms with van der Waals surface area (Å²) in [5.41, 5.74) is 2.64. The van der Waals surface area contributed by atoms with E-state index < -0.39 is 0 Å². The van der Waals surface area contributed by atoms with Crippen LogP contribution >= 0.6 is 0 Å². The number of fused-ring (bicyclic) bond motifs is 3. The van der Waals surface area contributed by atoms with Crippen molar-refractivity contribution in [1.82, 2.24) is 4.98 Å². The zero-order valence-electron chi connectivity index (χ0n) is 12.9. The highest BCUT2D eigenvalue weighted by molar-refractivity contribution is 6.01. The van der Waals surface area contributed by atoms with E-state index in [1.54, 1.807) is 6.20 Å². The Morgan fingerprint density at radius 3 is 2.46 bits per heavy atom. The highest BCUT2D eigenvalue weighted by Gasteiger charge is 2.17. The van der Waals surface area contributed by atoms with E-state index in [2.05, 4.69) is 17.1 Å². The molecule has 0 fully saturated rings. The molecule has 0 aliphatic heterocycles. The van der Waals surface area contributed by atoms with Gasteiger partial charge in [0.2, 0.25) is 17.8 Å². The van der Waals surface area contributed by atoms with Crippen molar-refractivity contribution < 1.29 is 26.3 Å². The second-order valence-electron chi connectivity index (χ2n) is 5.50. The highest BCUT2D eigenvalue weighted by atomic mass is 79.9. The van der Waals surface area contributed by atoms with Crippen molar-refractivity contribution in [3.63, 3.8) is 0 Å². The smallest absolute Gasteiger partial charge is 0.239 e. The average molecular weight is 379 g/mol. The number of nitrogens with zero attached hydrogens (tertiary/aromatic N) is 2. The zero-order valence-corrected chi connectivity index (χ0v) is 14.5. The summed E-state index contributed by atoms with van der Waals surface area (Å²) in [4.78, 5) is 17.1. The van der Waals surface area contributed by atoms with Crippen LogP contribution in [0.4, 0.5) is 0 Å². The molecule has 0 spiro atoms. The van der Waals surface area contributed by atoms with E-state index in [0.717, 1.165) is 27.4 Å². The third-order valence-corrected chi connectivity index (χ3v) is 4.02. The third-order valence-electron chi connectivity index (χ3n) is 4.02. The largest absolute Gasteiger partial charge is 1.00 e. The number of ketones is 1. The van der Waals surface area contributed by atoms with E-state index in [1.807, 2.05) is 65.4 Å². The number of rotatable bonds is 3. The van der Waals surface area contributed by atoms with E-state index in [4.69, 9.17) is 0 Å². The lowest BCUT2D eigenvalue weighted by Crippen LogP contribution is -3.00. The Morgan fingerprint density at radius 2 is 1.62 bits per heavy atom. The molecule has 0 aliphatic carbocycles. The van der Waals surface area contributed by atoms with E-state index in [1.165, 1.54) is 0 Å². The molecule has 0 saturated heterocycles. The molecule has 0 amide bonds. The topological polar surface area (TPSA) is 33.8 Å². The van der Waals surface area contributed by atoms with Crippen LogP contribution in [0.3, 0.4) is 0 Å². The first kappa shape index (κ1) is 16.3. The van der Waals surface area contributed by atoms with Gasteiger partial charge in [0.25, 0.3) is 0 Å². The fourth-order valence-electron chi connectivity index (χ4n) is 2.91. The Labute approximate surface area is 150 Å². The van der Waals surface area contributed by atoms with Gasteiger partial charge in [0.15, 0.2) is 6.20 Å². The van der Waals surface area contributed by atoms with Gasteiger partial charge in [0.1, 0.15) is 5.52 Å². The molecular weight excluding hydrogens is 364 g/mol. The van der Waals surface area contributed by atoms with Gasteiger partial charge in [-0.3, -0.25) is 4.79 Å². The molecule has 24 heavy (non-hydrogen) atoms. The van der Waals surface area contributed by atoms with Crippen LogP contribution in [0.15, 0.2) is 79.1 Å². The van der Waals surface area contributed by atoms with Crippen LogP contribution in [0.5, 0.6) is 0 Å². The summed E-state index contributed by atoms with van der Waals surface area (Å²) in [6.07, 6.45) is 3.73. The summed E-state index contributed by atoms with van der Waals surface area (Å²) in [5, 5.41) is 2.16. The predicted molar refractivity (Wildman–Crippen MR) is 90.2 cm³/mol. The molecular formula is C20H15BrN2O. The SMILES string of the molecule is O=C(C[n+]1cccc2ccc3cccnc3c21)c1ccccc1.[Br-]. The lowest BCUT2D eigenvalue weighted by Gasteiger charge is -2.04. The first-order valence-electron chi connectivity index (χ1n) is 7.57. The Balaban J connectivity index is 0.00000169. The molecule has 2 heterocycles. The second kappa shape index (κ2) is 6.89. The Kier molecular flexibility index (Phi) is 4.67. The maximum absolute atomic E-state index is 12.6. The maximum atomic E-state index is 12.6. The van der Waals surface area contributed by atoms with E-state index >= 15 is 0 Å². The van der Waals surface area contributed by atoms with E-state index in [-0.39, 0.29) is 22.8 Å². The lowest BCUT2D eigenvalue weighted by atomic mass is 10.1. The van der Waals surface area contributed by atoms with Crippen molar-refractivity contribution in [3.05, 3.63) is 84.7 Å². The van der Waals surface area contributed by atoms with Gasteiger partial charge in [-0.05, 0) is 18.2 Å². The number of Topliss-reactive ketones (excluding diaryl/α,β-unsaturated/α-hetero) is 1. The second-order valence-corrected chi connectivity index (χ2v) is 5.50. The molecule has 4 rings (SSSR count). The first-order valence-corrected chi connectivity index (χ1v) is 7.57. The van der Waals surface area contributed by atoms with Gasteiger partial charge < -0.3 is 17.0 Å². The summed E-state index contributed by atoms with van der Waals surface area (Å²) < 4.78 is 1.99. The average Bonchev–Trinajstić information content (AvgIpc) is 2.62. The lowest BCUT2D eigenvalue weighted by molar-refractivity contribution is -0.656. The molecule has 118 valence electrons. The van der Waals surface area contributed by atoms with Crippen LogP contribution in [0, 0.1) is 0 Å². The first-order chi connectivity index (χ1) is 11.3. The maximum Gasteiger partial charge on any atom is 0.239 e. The number of benzene rings is 2. The van der Waals surface area contributed by atoms with Crippen molar-refractivity contribution in [2.75, 3.05) is 0 Å². The van der Waals surface area contributed by atoms with Crippen molar-refractivity contribution in [2.24, 2.45) is 0 Å². The standard InChI is InChI=1S/C20H15N2O.BrH/c23-18(15-6-2-1-3-7-15)14-22-13-5-9-17-11-10-16-8-4-12-21-19(16)20(17)22;/h1-13H,14H2;1H/q+1;/p-1. The minimum Gasteiger partial charge on any atom is -1.00 e. The highest BCUT2D eigenvalue weighted by Crippen LogP contribution is 2.20. The van der Waals surface area contributed by atoms with Gasteiger partial charge >= 0.3 is 0 Å². The molecule has 0 atom stereocenters. The Hall–Kier alpha value is -2.59. The summed E-state index contributed by atoms with van der Waals surface area (Å²) in [5.74, 6) is 0.0936. The van der Waals surface area contributed by atoms with Crippen molar-refractivity contribution in [1.29, 1.82) is 0 Å². The van der Waals surface area contributed by atoms with E-state index in [9.17, 15) is 4.79 Å². The van der Waals surface area contributed by atoms with Gasteiger partial charge in [-0.15, -0.1) is 0 Å². The Bertz CT molecular complexity index is 1020. The van der Waals surface area contributed by atoms with Crippen LogP contribution in [0.2, 0.25) is 0 Å². The molecule has 0 saturated carbocycles. The number of hydrogen-bond acceptors (Lipinski definition) is 2. The number of aromatic nitrogens is 2. The molecule has 2 aromatic heterocycles. The van der Waals surface area contributed by atoms with Crippen LogP contribution < -0.4 is 21.5 Å². The van der Waals surface area contributed by atoms with Crippen LogP contribution in [0.25, 0.3) is 21.8 Å². The third kappa shape index (κ3) is 2.93. The van der Waals surface area contributed by atoms with Crippen LogP contribution in [-0.2, 0) is 6.54 Å². The molecule has 0 radical (unpaired) electrons. The Morgan fingerprint density at radius 1 is 0.875 bits per heavy atom. The molecule has 4 heteroatoms. The van der Waals surface area contributed by atoms with Crippen LogP contribution in [0.1, 0.15) is 10.4 Å². The fraction of sp³-hybridized carbons (Fsp3) is 0.0500. The molecule has 0 unspecified atom stereocenters. The quantitative estimate of drug-likeness (QED) is 0.296. The monoisotopic (exact) mass is 378 g/mol.